The highest BCUT2D eigenvalue weighted by molar-refractivity contribution is 5.68. The lowest BCUT2D eigenvalue weighted by atomic mass is 10.00. The van der Waals surface area contributed by atoms with Gasteiger partial charge in [0.2, 0.25) is 5.95 Å². The molecule has 0 spiro atoms. The summed E-state index contributed by atoms with van der Waals surface area (Å²) >= 11 is 0. The van der Waals surface area contributed by atoms with Gasteiger partial charge in [-0.2, -0.15) is 0 Å². The molecule has 3 aliphatic rings. The summed E-state index contributed by atoms with van der Waals surface area (Å²) in [5, 5.41) is 0. The van der Waals surface area contributed by atoms with Crippen molar-refractivity contribution in [2.24, 2.45) is 0 Å². The second kappa shape index (κ2) is 5.01. The van der Waals surface area contributed by atoms with Crippen LogP contribution < -0.4 is 4.90 Å². The second-order valence-corrected chi connectivity index (χ2v) is 7.57. The first kappa shape index (κ1) is 14.4. The highest BCUT2D eigenvalue weighted by atomic mass is 19.1. The third-order valence-corrected chi connectivity index (χ3v) is 5.84. The summed E-state index contributed by atoms with van der Waals surface area (Å²) in [7, 11) is 0. The number of anilines is 1. The summed E-state index contributed by atoms with van der Waals surface area (Å²) in [6.45, 7) is 3.62. The molecule has 1 fully saturated rings. The summed E-state index contributed by atoms with van der Waals surface area (Å²) in [4.78, 5) is 11.7. The van der Waals surface area contributed by atoms with Gasteiger partial charge in [-0.25, -0.2) is 14.4 Å². The van der Waals surface area contributed by atoms with Crippen LogP contribution in [0.25, 0.3) is 11.3 Å². The molecule has 0 N–H and O–H groups in total. The number of nitrogens with zero attached hydrogens (tertiary/aromatic N) is 3. The molecule has 2 aliphatic carbocycles. The lowest BCUT2D eigenvalue weighted by molar-refractivity contribution is 0.188. The van der Waals surface area contributed by atoms with Crippen molar-refractivity contribution in [1.82, 2.24) is 9.97 Å². The van der Waals surface area contributed by atoms with Crippen LogP contribution in [0.5, 0.6) is 0 Å². The predicted octanol–water partition coefficient (Wildman–Crippen LogP) is 3.97. The van der Waals surface area contributed by atoms with Crippen LogP contribution in [0.3, 0.4) is 0 Å². The zero-order valence-electron chi connectivity index (χ0n) is 14.1. The molecule has 1 aliphatic heterocycles. The number of benzene rings is 1. The van der Waals surface area contributed by atoms with Crippen molar-refractivity contribution in [2.75, 3.05) is 18.0 Å². The Hall–Kier alpha value is -1.97. The molecule has 124 valence electrons. The highest BCUT2D eigenvalue weighted by Gasteiger charge is 2.39. The molecule has 1 atom stereocenters. The fourth-order valence-corrected chi connectivity index (χ4v) is 4.23. The quantitative estimate of drug-likeness (QED) is 0.837. The lowest BCUT2D eigenvalue weighted by Gasteiger charge is -2.32. The van der Waals surface area contributed by atoms with E-state index in [4.69, 9.17) is 4.98 Å². The molecule has 5 rings (SSSR count). The van der Waals surface area contributed by atoms with Gasteiger partial charge in [0, 0.05) is 24.2 Å². The number of aryl methyl sites for hydroxylation is 2. The number of hydrogen-bond acceptors (Lipinski definition) is 3. The summed E-state index contributed by atoms with van der Waals surface area (Å²) in [5.41, 5.74) is 5.29. The summed E-state index contributed by atoms with van der Waals surface area (Å²) < 4.78 is 15.0. The Morgan fingerprint density at radius 3 is 2.67 bits per heavy atom. The van der Waals surface area contributed by atoms with E-state index >= 15 is 0 Å². The van der Waals surface area contributed by atoms with Crippen molar-refractivity contribution in [3.63, 3.8) is 0 Å². The van der Waals surface area contributed by atoms with Gasteiger partial charge in [-0.1, -0.05) is 12.1 Å². The zero-order valence-corrected chi connectivity index (χ0v) is 14.1. The largest absolute Gasteiger partial charge is 0.341 e. The molecule has 1 aromatic heterocycles. The fourth-order valence-electron chi connectivity index (χ4n) is 4.23. The Morgan fingerprint density at radius 2 is 1.88 bits per heavy atom. The van der Waals surface area contributed by atoms with E-state index in [1.54, 1.807) is 6.92 Å². The van der Waals surface area contributed by atoms with E-state index in [1.165, 1.54) is 30.4 Å². The Balaban J connectivity index is 1.68. The van der Waals surface area contributed by atoms with Crippen LogP contribution in [0.2, 0.25) is 0 Å². The van der Waals surface area contributed by atoms with E-state index in [0.717, 1.165) is 42.8 Å². The van der Waals surface area contributed by atoms with Crippen LogP contribution in [-0.4, -0.2) is 23.1 Å². The van der Waals surface area contributed by atoms with Crippen LogP contribution >= 0.6 is 0 Å². The van der Waals surface area contributed by atoms with E-state index in [9.17, 15) is 4.39 Å². The SMILES string of the molecule is CC1(F)CCc2c(-c3ccc4c(c3)CCC4)nc(N3CCC3)nc21. The number of aromatic nitrogens is 2. The number of fused-ring (bicyclic) bond motifs is 2. The molecule has 1 unspecified atom stereocenters. The monoisotopic (exact) mass is 323 g/mol. The molecule has 24 heavy (non-hydrogen) atoms. The molecule has 2 aromatic rings. The van der Waals surface area contributed by atoms with Crippen LogP contribution in [0, 0.1) is 0 Å². The van der Waals surface area contributed by atoms with E-state index in [0.29, 0.717) is 18.1 Å². The minimum atomic E-state index is -1.33. The first-order chi connectivity index (χ1) is 11.6. The van der Waals surface area contributed by atoms with Crippen LogP contribution in [0.15, 0.2) is 18.2 Å². The third-order valence-electron chi connectivity index (χ3n) is 5.84. The van der Waals surface area contributed by atoms with Gasteiger partial charge in [0.05, 0.1) is 11.4 Å². The van der Waals surface area contributed by atoms with Crippen LogP contribution in [-0.2, 0) is 24.9 Å². The van der Waals surface area contributed by atoms with E-state index in [1.807, 2.05) is 0 Å². The topological polar surface area (TPSA) is 29.0 Å². The van der Waals surface area contributed by atoms with Crippen molar-refractivity contribution in [3.05, 3.63) is 40.6 Å². The number of halogens is 1. The first-order valence-electron chi connectivity index (χ1n) is 9.09. The van der Waals surface area contributed by atoms with E-state index in [2.05, 4.69) is 28.1 Å². The van der Waals surface area contributed by atoms with Crippen molar-refractivity contribution < 1.29 is 4.39 Å². The number of hydrogen-bond donors (Lipinski definition) is 0. The summed E-state index contributed by atoms with van der Waals surface area (Å²) in [6, 6.07) is 6.68. The van der Waals surface area contributed by atoms with E-state index < -0.39 is 5.67 Å². The standard InChI is InChI=1S/C20H22FN3/c1-20(21)9-8-16-17(15-7-6-13-4-2-5-14(13)12-15)22-19(23-18(16)20)24-10-3-11-24/h6-7,12H,2-5,8-11H2,1H3. The van der Waals surface area contributed by atoms with Gasteiger partial charge in [-0.3, -0.25) is 0 Å². The molecule has 0 amide bonds. The summed E-state index contributed by atoms with van der Waals surface area (Å²) in [5.74, 6) is 0.710. The fraction of sp³-hybridized carbons (Fsp3) is 0.500. The van der Waals surface area contributed by atoms with Crippen LogP contribution in [0.4, 0.5) is 10.3 Å². The van der Waals surface area contributed by atoms with Crippen LogP contribution in [0.1, 0.15) is 48.6 Å². The van der Waals surface area contributed by atoms with Gasteiger partial charge in [0.1, 0.15) is 0 Å². The average Bonchev–Trinajstić information content (AvgIpc) is 3.09. The Bertz CT molecular complexity index is 824. The minimum absolute atomic E-state index is 0.512. The molecular formula is C20H22FN3. The molecular weight excluding hydrogens is 301 g/mol. The van der Waals surface area contributed by atoms with Gasteiger partial charge in [0.25, 0.3) is 0 Å². The predicted molar refractivity (Wildman–Crippen MR) is 93.1 cm³/mol. The molecule has 1 aromatic carbocycles. The molecule has 2 heterocycles. The molecule has 0 saturated carbocycles. The van der Waals surface area contributed by atoms with Crippen molar-refractivity contribution >= 4 is 5.95 Å². The van der Waals surface area contributed by atoms with Gasteiger partial charge >= 0.3 is 0 Å². The van der Waals surface area contributed by atoms with Crippen molar-refractivity contribution in [1.29, 1.82) is 0 Å². The van der Waals surface area contributed by atoms with Crippen molar-refractivity contribution in [3.8, 4) is 11.3 Å². The Labute approximate surface area is 141 Å². The third kappa shape index (κ3) is 2.08. The first-order valence-corrected chi connectivity index (χ1v) is 9.09. The Kier molecular flexibility index (Phi) is 3.00. The number of alkyl halides is 1. The maximum absolute atomic E-state index is 15.0. The van der Waals surface area contributed by atoms with Crippen molar-refractivity contribution in [2.45, 2.75) is 51.1 Å². The van der Waals surface area contributed by atoms with Gasteiger partial charge in [0.15, 0.2) is 5.67 Å². The molecule has 4 heteroatoms. The molecule has 0 bridgehead atoms. The molecule has 1 saturated heterocycles. The average molecular weight is 323 g/mol. The molecule has 0 radical (unpaired) electrons. The Morgan fingerprint density at radius 1 is 1.04 bits per heavy atom. The van der Waals surface area contributed by atoms with E-state index in [-0.39, 0.29) is 0 Å². The maximum Gasteiger partial charge on any atom is 0.226 e. The van der Waals surface area contributed by atoms with Gasteiger partial charge < -0.3 is 4.90 Å². The maximum atomic E-state index is 15.0. The van der Waals surface area contributed by atoms with Gasteiger partial charge in [-0.15, -0.1) is 0 Å². The minimum Gasteiger partial charge on any atom is -0.341 e. The summed E-state index contributed by atoms with van der Waals surface area (Å²) in [6.07, 6.45) is 5.98. The smallest absolute Gasteiger partial charge is 0.226 e. The highest BCUT2D eigenvalue weighted by Crippen LogP contribution is 2.43. The zero-order chi connectivity index (χ0) is 16.3. The number of rotatable bonds is 2. The second-order valence-electron chi connectivity index (χ2n) is 7.57. The van der Waals surface area contributed by atoms with Gasteiger partial charge in [-0.05, 0) is 62.6 Å². The lowest BCUT2D eigenvalue weighted by Crippen LogP contribution is -2.38. The normalized spacial score (nSPS) is 24.7. The molecule has 3 nitrogen and oxygen atoms in total.